The van der Waals surface area contributed by atoms with Gasteiger partial charge in [0.2, 0.25) is 0 Å². The van der Waals surface area contributed by atoms with Crippen LogP contribution >= 0.6 is 31.9 Å². The molecule has 1 heterocycles. The van der Waals surface area contributed by atoms with Gasteiger partial charge < -0.3 is 0 Å². The summed E-state index contributed by atoms with van der Waals surface area (Å²) < 4.78 is 2.03. The van der Waals surface area contributed by atoms with E-state index in [1.807, 2.05) is 61.5 Å². The van der Waals surface area contributed by atoms with E-state index in [9.17, 15) is 4.79 Å². The van der Waals surface area contributed by atoms with Crippen molar-refractivity contribution < 1.29 is 4.79 Å². The van der Waals surface area contributed by atoms with Crippen molar-refractivity contribution in [2.45, 2.75) is 13.0 Å². The molecular formula is C25H19Br2NO. The Morgan fingerprint density at radius 2 is 1.76 bits per heavy atom. The molecule has 2 nitrogen and oxygen atoms in total. The first-order valence-electron chi connectivity index (χ1n) is 9.41. The van der Waals surface area contributed by atoms with Crippen LogP contribution in [-0.4, -0.2) is 17.5 Å². The molecule has 1 aliphatic heterocycles. The zero-order valence-corrected chi connectivity index (χ0v) is 19.0. The fourth-order valence-corrected chi connectivity index (χ4v) is 4.46. The second kappa shape index (κ2) is 8.60. The minimum atomic E-state index is -0.0226. The van der Waals surface area contributed by atoms with Gasteiger partial charge in [-0.1, -0.05) is 98.6 Å². The van der Waals surface area contributed by atoms with Gasteiger partial charge in [-0.2, -0.15) is 0 Å². The molecule has 4 rings (SSSR count). The van der Waals surface area contributed by atoms with E-state index in [0.29, 0.717) is 5.57 Å². The SMILES string of the molecule is CC1=NC2C=CC(Br)=CC2C(c2ccccc2)=C1C(=O)/C=C/c1ccc(Br)cc1. The first-order valence-corrected chi connectivity index (χ1v) is 11.0. The summed E-state index contributed by atoms with van der Waals surface area (Å²) >= 11 is 7.03. The Balaban J connectivity index is 1.80. The highest BCUT2D eigenvalue weighted by Crippen LogP contribution is 2.40. The third-order valence-electron chi connectivity index (χ3n) is 5.09. The molecule has 4 heteroatoms. The first-order chi connectivity index (χ1) is 14.0. The number of fused-ring (bicyclic) bond motifs is 1. The number of halogens is 2. The fourth-order valence-electron chi connectivity index (χ4n) is 3.76. The Bertz CT molecular complexity index is 1090. The first kappa shape index (κ1) is 20.0. The van der Waals surface area contributed by atoms with Gasteiger partial charge in [0, 0.05) is 26.2 Å². The van der Waals surface area contributed by atoms with E-state index in [1.165, 1.54) is 0 Å². The van der Waals surface area contributed by atoms with E-state index < -0.39 is 0 Å². The molecule has 0 N–H and O–H groups in total. The van der Waals surface area contributed by atoms with E-state index in [-0.39, 0.29) is 17.7 Å². The molecule has 2 aliphatic rings. The van der Waals surface area contributed by atoms with Crippen LogP contribution in [0.1, 0.15) is 18.1 Å². The number of dihydropyridines is 1. The number of hydrogen-bond donors (Lipinski definition) is 0. The smallest absolute Gasteiger partial charge is 0.187 e. The molecule has 0 fully saturated rings. The quantitative estimate of drug-likeness (QED) is 0.418. The van der Waals surface area contributed by atoms with Gasteiger partial charge in [0.1, 0.15) is 0 Å². The molecule has 0 bridgehead atoms. The van der Waals surface area contributed by atoms with Crippen molar-refractivity contribution in [3.63, 3.8) is 0 Å². The van der Waals surface area contributed by atoms with Gasteiger partial charge in [0.05, 0.1) is 6.04 Å². The van der Waals surface area contributed by atoms with Crippen LogP contribution in [-0.2, 0) is 4.79 Å². The summed E-state index contributed by atoms with van der Waals surface area (Å²) in [6, 6.07) is 18.0. The molecule has 144 valence electrons. The number of allylic oxidation sites excluding steroid dienone is 4. The number of benzene rings is 2. The molecular weight excluding hydrogens is 490 g/mol. The van der Waals surface area contributed by atoms with Crippen LogP contribution in [0, 0.1) is 5.92 Å². The average Bonchev–Trinajstić information content (AvgIpc) is 2.73. The zero-order valence-electron chi connectivity index (χ0n) is 15.8. The summed E-state index contributed by atoms with van der Waals surface area (Å²) in [6.07, 6.45) is 9.78. The van der Waals surface area contributed by atoms with Crippen molar-refractivity contribution in [3.05, 3.63) is 105 Å². The van der Waals surface area contributed by atoms with Crippen LogP contribution < -0.4 is 0 Å². The summed E-state index contributed by atoms with van der Waals surface area (Å²) in [4.78, 5) is 18.1. The van der Waals surface area contributed by atoms with Crippen LogP contribution in [0.3, 0.4) is 0 Å². The standard InChI is InChI=1S/C25H19Br2NO/c1-16-24(23(29)14-9-17-7-10-19(26)11-8-17)25(18-5-3-2-4-6-18)21-15-20(27)12-13-22(21)28-16/h2-15,21-22H,1H3/b14-9+. The average molecular weight is 509 g/mol. The largest absolute Gasteiger partial charge is 0.289 e. The van der Waals surface area contributed by atoms with Gasteiger partial charge >= 0.3 is 0 Å². The Labute approximate surface area is 187 Å². The van der Waals surface area contributed by atoms with E-state index in [2.05, 4.69) is 56.1 Å². The van der Waals surface area contributed by atoms with Crippen LogP contribution in [0.4, 0.5) is 0 Å². The summed E-state index contributed by atoms with van der Waals surface area (Å²) in [6.45, 7) is 1.93. The molecule has 1 aliphatic carbocycles. The second-order valence-electron chi connectivity index (χ2n) is 7.05. The van der Waals surface area contributed by atoms with Crippen molar-refractivity contribution >= 4 is 55.0 Å². The molecule has 0 aromatic heterocycles. The van der Waals surface area contributed by atoms with Gasteiger partial charge in [-0.25, -0.2) is 0 Å². The van der Waals surface area contributed by atoms with Gasteiger partial charge in [0.25, 0.3) is 0 Å². The van der Waals surface area contributed by atoms with Gasteiger partial charge in [-0.05, 0) is 41.8 Å². The zero-order chi connectivity index (χ0) is 20.4. The lowest BCUT2D eigenvalue weighted by atomic mass is 9.77. The second-order valence-corrected chi connectivity index (χ2v) is 8.88. The summed E-state index contributed by atoms with van der Waals surface area (Å²) in [5.41, 5.74) is 4.55. The highest BCUT2D eigenvalue weighted by molar-refractivity contribution is 9.12. The van der Waals surface area contributed by atoms with E-state index in [0.717, 1.165) is 31.4 Å². The topological polar surface area (TPSA) is 29.4 Å². The number of nitrogens with zero attached hydrogens (tertiary/aromatic N) is 1. The molecule has 0 saturated carbocycles. The molecule has 0 saturated heterocycles. The number of ketones is 1. The molecule has 0 amide bonds. The predicted octanol–water partition coefficient (Wildman–Crippen LogP) is 6.79. The van der Waals surface area contributed by atoms with Gasteiger partial charge in [-0.15, -0.1) is 0 Å². The minimum absolute atomic E-state index is 0.0125. The van der Waals surface area contributed by atoms with Crippen molar-refractivity contribution in [1.82, 2.24) is 0 Å². The maximum Gasteiger partial charge on any atom is 0.187 e. The normalized spacial score (nSPS) is 21.1. The lowest BCUT2D eigenvalue weighted by molar-refractivity contribution is -0.110. The van der Waals surface area contributed by atoms with E-state index in [1.54, 1.807) is 6.08 Å². The molecule has 2 aromatic rings. The molecule has 0 radical (unpaired) electrons. The predicted molar refractivity (Wildman–Crippen MR) is 128 cm³/mol. The Morgan fingerprint density at radius 1 is 1.03 bits per heavy atom. The Morgan fingerprint density at radius 3 is 2.48 bits per heavy atom. The Kier molecular flexibility index (Phi) is 5.93. The summed E-state index contributed by atoms with van der Waals surface area (Å²) in [5, 5.41) is 0. The minimum Gasteiger partial charge on any atom is -0.289 e. The van der Waals surface area contributed by atoms with Crippen molar-refractivity contribution in [3.8, 4) is 0 Å². The third kappa shape index (κ3) is 4.34. The number of hydrogen-bond acceptors (Lipinski definition) is 2. The van der Waals surface area contributed by atoms with Crippen LogP contribution in [0.25, 0.3) is 11.6 Å². The Hall–Kier alpha value is -2.30. The summed E-state index contributed by atoms with van der Waals surface area (Å²) in [5.74, 6) is 0.00560. The lowest BCUT2D eigenvalue weighted by Gasteiger charge is -2.31. The van der Waals surface area contributed by atoms with E-state index in [4.69, 9.17) is 4.99 Å². The maximum atomic E-state index is 13.3. The molecule has 2 aromatic carbocycles. The van der Waals surface area contributed by atoms with Gasteiger partial charge in [0.15, 0.2) is 5.78 Å². The molecule has 0 spiro atoms. The molecule has 2 unspecified atom stereocenters. The third-order valence-corrected chi connectivity index (χ3v) is 6.15. The van der Waals surface area contributed by atoms with Crippen molar-refractivity contribution in [2.75, 3.05) is 0 Å². The molecule has 29 heavy (non-hydrogen) atoms. The number of aliphatic imine (C=N–C) groups is 1. The van der Waals surface area contributed by atoms with Gasteiger partial charge in [-0.3, -0.25) is 9.79 Å². The summed E-state index contributed by atoms with van der Waals surface area (Å²) in [7, 11) is 0. The van der Waals surface area contributed by atoms with Crippen LogP contribution in [0.5, 0.6) is 0 Å². The number of carbonyl (C=O) groups excluding carboxylic acids is 1. The maximum absolute atomic E-state index is 13.3. The number of rotatable bonds is 4. The van der Waals surface area contributed by atoms with Crippen LogP contribution in [0.15, 0.2) is 98.4 Å². The van der Waals surface area contributed by atoms with Crippen molar-refractivity contribution in [2.24, 2.45) is 10.9 Å². The van der Waals surface area contributed by atoms with Crippen molar-refractivity contribution in [1.29, 1.82) is 0 Å². The fraction of sp³-hybridized carbons (Fsp3) is 0.120. The lowest BCUT2D eigenvalue weighted by Crippen LogP contribution is -2.29. The highest BCUT2D eigenvalue weighted by atomic mass is 79.9. The number of carbonyl (C=O) groups is 1. The monoisotopic (exact) mass is 507 g/mol. The molecule has 2 atom stereocenters. The highest BCUT2D eigenvalue weighted by Gasteiger charge is 2.33. The van der Waals surface area contributed by atoms with Crippen LogP contribution in [0.2, 0.25) is 0 Å². The van der Waals surface area contributed by atoms with E-state index >= 15 is 0 Å².